The molecule has 0 aliphatic carbocycles. The molecule has 1 aromatic heterocycles. The molecule has 0 saturated carbocycles. The number of benzene rings is 1. The van der Waals surface area contributed by atoms with Crippen LogP contribution in [0.2, 0.25) is 5.02 Å². The van der Waals surface area contributed by atoms with Crippen LogP contribution in [0.1, 0.15) is 31.3 Å². The van der Waals surface area contributed by atoms with Gasteiger partial charge in [0.25, 0.3) is 0 Å². The van der Waals surface area contributed by atoms with Crippen LogP contribution in [0, 0.1) is 5.92 Å². The first kappa shape index (κ1) is 15.5. The van der Waals surface area contributed by atoms with Crippen molar-refractivity contribution in [2.45, 2.75) is 32.7 Å². The van der Waals surface area contributed by atoms with Gasteiger partial charge in [-0.05, 0) is 43.9 Å². The maximum Gasteiger partial charge on any atom is 0.138 e. The molecule has 5 heteroatoms. The van der Waals surface area contributed by atoms with Gasteiger partial charge in [-0.25, -0.2) is 9.67 Å². The van der Waals surface area contributed by atoms with Crippen LogP contribution in [0.25, 0.3) is 0 Å². The summed E-state index contributed by atoms with van der Waals surface area (Å²) in [7, 11) is 0. The lowest BCUT2D eigenvalue weighted by Gasteiger charge is -2.16. The molecular weight excluding hydrogens is 338 g/mol. The largest absolute Gasteiger partial charge is 0.248 e. The van der Waals surface area contributed by atoms with E-state index >= 15 is 0 Å². The van der Waals surface area contributed by atoms with Gasteiger partial charge in [-0.15, -0.1) is 0 Å². The predicted octanol–water partition coefficient (Wildman–Crippen LogP) is 4.31. The second kappa shape index (κ2) is 7.23. The Balaban J connectivity index is 2.07. The number of hydrogen-bond acceptors (Lipinski definition) is 2. The first-order valence-corrected chi connectivity index (χ1v) is 8.29. The summed E-state index contributed by atoms with van der Waals surface area (Å²) in [5.41, 5.74) is 1.26. The molecule has 2 rings (SSSR count). The Morgan fingerprint density at radius 2 is 2.10 bits per heavy atom. The summed E-state index contributed by atoms with van der Waals surface area (Å²) in [5.74, 6) is 1.53. The van der Waals surface area contributed by atoms with Gasteiger partial charge in [0.2, 0.25) is 0 Å². The third-order valence-corrected chi connectivity index (χ3v) is 4.39. The standard InChI is InChI=1S/C15H19BrClN3/c1-11(2)20-15(18-10-19-20)8-13(9-16)6-12-4-3-5-14(17)7-12/h3-5,7,10-11,13H,6,8-9H2,1-2H3. The van der Waals surface area contributed by atoms with E-state index in [0.29, 0.717) is 12.0 Å². The lowest BCUT2D eigenvalue weighted by molar-refractivity contribution is 0.473. The monoisotopic (exact) mass is 355 g/mol. The van der Waals surface area contributed by atoms with Crippen molar-refractivity contribution in [3.8, 4) is 0 Å². The summed E-state index contributed by atoms with van der Waals surface area (Å²) >= 11 is 9.65. The molecule has 0 aliphatic heterocycles. The molecule has 1 aromatic carbocycles. The zero-order valence-electron chi connectivity index (χ0n) is 11.8. The molecule has 0 spiro atoms. The Morgan fingerprint density at radius 3 is 2.75 bits per heavy atom. The molecule has 20 heavy (non-hydrogen) atoms. The molecular formula is C15H19BrClN3. The van der Waals surface area contributed by atoms with Gasteiger partial charge in [0.05, 0.1) is 0 Å². The molecule has 0 aliphatic rings. The Bertz CT molecular complexity index is 554. The van der Waals surface area contributed by atoms with E-state index < -0.39 is 0 Å². The smallest absolute Gasteiger partial charge is 0.138 e. The van der Waals surface area contributed by atoms with Crippen molar-refractivity contribution in [2.24, 2.45) is 5.92 Å². The van der Waals surface area contributed by atoms with E-state index in [1.165, 1.54) is 5.56 Å². The van der Waals surface area contributed by atoms with Gasteiger partial charge in [-0.1, -0.05) is 39.7 Å². The van der Waals surface area contributed by atoms with E-state index in [-0.39, 0.29) is 0 Å². The fourth-order valence-electron chi connectivity index (χ4n) is 2.29. The van der Waals surface area contributed by atoms with Crippen LogP contribution >= 0.6 is 27.5 Å². The van der Waals surface area contributed by atoms with Gasteiger partial charge in [-0.2, -0.15) is 5.10 Å². The third kappa shape index (κ3) is 4.06. The zero-order valence-corrected chi connectivity index (χ0v) is 14.1. The van der Waals surface area contributed by atoms with Crippen LogP contribution in [0.15, 0.2) is 30.6 Å². The number of nitrogens with zero attached hydrogens (tertiary/aromatic N) is 3. The highest BCUT2D eigenvalue weighted by atomic mass is 79.9. The van der Waals surface area contributed by atoms with E-state index in [4.69, 9.17) is 11.6 Å². The number of halogens is 2. The first-order chi connectivity index (χ1) is 9.60. The molecule has 0 fully saturated rings. The lowest BCUT2D eigenvalue weighted by atomic mass is 9.97. The fraction of sp³-hybridized carbons (Fsp3) is 0.467. The highest BCUT2D eigenvalue weighted by Gasteiger charge is 2.15. The maximum atomic E-state index is 6.04. The summed E-state index contributed by atoms with van der Waals surface area (Å²) in [6, 6.07) is 8.40. The Labute approximate surface area is 133 Å². The Kier molecular flexibility index (Phi) is 5.61. The van der Waals surface area contributed by atoms with Crippen LogP contribution in [0.3, 0.4) is 0 Å². The van der Waals surface area contributed by atoms with E-state index in [9.17, 15) is 0 Å². The summed E-state index contributed by atoms with van der Waals surface area (Å²) in [6.45, 7) is 4.25. The summed E-state index contributed by atoms with van der Waals surface area (Å²) in [6.07, 6.45) is 3.53. The van der Waals surface area contributed by atoms with Crippen molar-refractivity contribution in [3.63, 3.8) is 0 Å². The minimum absolute atomic E-state index is 0.342. The molecule has 108 valence electrons. The minimum Gasteiger partial charge on any atom is -0.248 e. The predicted molar refractivity (Wildman–Crippen MR) is 86.6 cm³/mol. The molecule has 0 radical (unpaired) electrons. The van der Waals surface area contributed by atoms with Crippen LogP contribution in [-0.2, 0) is 12.8 Å². The molecule has 2 aromatic rings. The fourth-order valence-corrected chi connectivity index (χ4v) is 2.96. The number of rotatable bonds is 6. The van der Waals surface area contributed by atoms with Crippen LogP contribution < -0.4 is 0 Å². The van der Waals surface area contributed by atoms with Gasteiger partial charge in [0, 0.05) is 22.8 Å². The van der Waals surface area contributed by atoms with Crippen LogP contribution in [0.4, 0.5) is 0 Å². The topological polar surface area (TPSA) is 30.7 Å². The maximum absolute atomic E-state index is 6.04. The van der Waals surface area contributed by atoms with E-state index in [1.54, 1.807) is 6.33 Å². The third-order valence-electron chi connectivity index (χ3n) is 3.24. The normalized spacial score (nSPS) is 12.8. The van der Waals surface area contributed by atoms with Crippen molar-refractivity contribution in [2.75, 3.05) is 5.33 Å². The van der Waals surface area contributed by atoms with Crippen molar-refractivity contribution in [1.29, 1.82) is 0 Å². The molecule has 0 bridgehead atoms. The van der Waals surface area contributed by atoms with Crippen molar-refractivity contribution < 1.29 is 0 Å². The first-order valence-electron chi connectivity index (χ1n) is 6.79. The summed E-state index contributed by atoms with van der Waals surface area (Å²) in [5, 5.41) is 6.02. The van der Waals surface area contributed by atoms with Crippen LogP contribution in [0.5, 0.6) is 0 Å². The van der Waals surface area contributed by atoms with Crippen LogP contribution in [-0.4, -0.2) is 20.1 Å². The van der Waals surface area contributed by atoms with E-state index in [1.807, 2.05) is 22.9 Å². The highest BCUT2D eigenvalue weighted by Crippen LogP contribution is 2.19. The van der Waals surface area contributed by atoms with Crippen molar-refractivity contribution >= 4 is 27.5 Å². The molecule has 0 saturated heterocycles. The number of alkyl halides is 1. The van der Waals surface area contributed by atoms with Crippen molar-refractivity contribution in [3.05, 3.63) is 47.0 Å². The summed E-state index contributed by atoms with van der Waals surface area (Å²) < 4.78 is 1.99. The molecule has 1 unspecified atom stereocenters. The second-order valence-corrected chi connectivity index (χ2v) is 6.36. The van der Waals surface area contributed by atoms with Gasteiger partial charge in [0.15, 0.2) is 0 Å². The highest BCUT2D eigenvalue weighted by molar-refractivity contribution is 9.09. The second-order valence-electron chi connectivity index (χ2n) is 5.27. The average Bonchev–Trinajstić information content (AvgIpc) is 2.86. The van der Waals surface area contributed by atoms with E-state index in [2.05, 4.69) is 45.9 Å². The SMILES string of the molecule is CC(C)n1ncnc1CC(CBr)Cc1cccc(Cl)c1. The Morgan fingerprint density at radius 1 is 1.30 bits per heavy atom. The molecule has 0 N–H and O–H groups in total. The quantitative estimate of drug-likeness (QED) is 0.722. The summed E-state index contributed by atoms with van der Waals surface area (Å²) in [4.78, 5) is 4.39. The van der Waals surface area contributed by atoms with Gasteiger partial charge >= 0.3 is 0 Å². The van der Waals surface area contributed by atoms with Gasteiger partial charge < -0.3 is 0 Å². The zero-order chi connectivity index (χ0) is 14.5. The van der Waals surface area contributed by atoms with Gasteiger partial charge in [-0.3, -0.25) is 0 Å². The molecule has 3 nitrogen and oxygen atoms in total. The number of aromatic nitrogens is 3. The molecule has 1 atom stereocenters. The molecule has 1 heterocycles. The van der Waals surface area contributed by atoms with Gasteiger partial charge in [0.1, 0.15) is 12.2 Å². The van der Waals surface area contributed by atoms with E-state index in [0.717, 1.165) is 29.0 Å². The minimum atomic E-state index is 0.342. The Hall–Kier alpha value is -0.870. The number of hydrogen-bond donors (Lipinski definition) is 0. The lowest BCUT2D eigenvalue weighted by Crippen LogP contribution is -2.16. The molecule has 0 amide bonds. The average molecular weight is 357 g/mol. The van der Waals surface area contributed by atoms with Crippen molar-refractivity contribution in [1.82, 2.24) is 14.8 Å².